The molecule has 1 heterocycles. The van der Waals surface area contributed by atoms with Crippen molar-refractivity contribution >= 4 is 5.91 Å². The Balaban J connectivity index is 1.39. The Kier molecular flexibility index (Phi) is 5.77. The van der Waals surface area contributed by atoms with Crippen LogP contribution in [0.4, 0.5) is 0 Å². The molecule has 2 unspecified atom stereocenters. The number of ether oxygens (including phenoxy) is 1. The molecule has 0 radical (unpaired) electrons. The smallest absolute Gasteiger partial charge is 0.253 e. The van der Waals surface area contributed by atoms with Crippen LogP contribution in [-0.4, -0.2) is 55.0 Å². The molecule has 1 aliphatic carbocycles. The van der Waals surface area contributed by atoms with E-state index in [2.05, 4.69) is 4.90 Å². The molecule has 1 aromatic rings. The van der Waals surface area contributed by atoms with Gasteiger partial charge in [-0.1, -0.05) is 0 Å². The third kappa shape index (κ3) is 3.92. The first-order chi connectivity index (χ1) is 11.7. The molecule has 1 amide bonds. The van der Waals surface area contributed by atoms with E-state index in [0.717, 1.165) is 55.8 Å². The number of carbonyl (C=O) groups excluding carboxylic acids is 1. The third-order valence-electron chi connectivity index (χ3n) is 5.60. The van der Waals surface area contributed by atoms with Gasteiger partial charge in [0.25, 0.3) is 5.91 Å². The maximum absolute atomic E-state index is 12.3. The standard InChI is InChI=1S/C20H30N2O2/c1-3-22(4-2)20(23)16-8-10-19(11-9-16)24-13-5-12-21-14-17-6-7-18(17)15-21/h8-11,17-18H,3-7,12-15H2,1-2H3. The van der Waals surface area contributed by atoms with E-state index in [-0.39, 0.29) is 5.91 Å². The highest BCUT2D eigenvalue weighted by Crippen LogP contribution is 2.40. The van der Waals surface area contributed by atoms with E-state index >= 15 is 0 Å². The van der Waals surface area contributed by atoms with E-state index < -0.39 is 0 Å². The highest BCUT2D eigenvalue weighted by atomic mass is 16.5. The van der Waals surface area contributed by atoms with Crippen LogP contribution in [0.3, 0.4) is 0 Å². The summed E-state index contributed by atoms with van der Waals surface area (Å²) in [5, 5.41) is 0. The van der Waals surface area contributed by atoms with Crippen LogP contribution in [0.15, 0.2) is 24.3 Å². The summed E-state index contributed by atoms with van der Waals surface area (Å²) in [4.78, 5) is 16.7. The number of hydrogen-bond acceptors (Lipinski definition) is 3. The van der Waals surface area contributed by atoms with Crippen LogP contribution in [0, 0.1) is 11.8 Å². The lowest BCUT2D eigenvalue weighted by Crippen LogP contribution is -2.30. The number of amides is 1. The van der Waals surface area contributed by atoms with Gasteiger partial charge in [-0.05, 0) is 69.2 Å². The largest absolute Gasteiger partial charge is 0.494 e. The average molecular weight is 330 g/mol. The van der Waals surface area contributed by atoms with Crippen LogP contribution in [-0.2, 0) is 0 Å². The molecular formula is C20H30N2O2. The molecule has 0 bridgehead atoms. The molecule has 132 valence electrons. The lowest BCUT2D eigenvalue weighted by molar-refractivity contribution is 0.0773. The van der Waals surface area contributed by atoms with Gasteiger partial charge in [0.05, 0.1) is 6.61 Å². The van der Waals surface area contributed by atoms with Crippen LogP contribution >= 0.6 is 0 Å². The topological polar surface area (TPSA) is 32.8 Å². The van der Waals surface area contributed by atoms with E-state index in [9.17, 15) is 4.79 Å². The molecule has 0 N–H and O–H groups in total. The summed E-state index contributed by atoms with van der Waals surface area (Å²) in [6, 6.07) is 7.56. The van der Waals surface area contributed by atoms with Gasteiger partial charge in [-0.25, -0.2) is 0 Å². The van der Waals surface area contributed by atoms with Crippen molar-refractivity contribution in [1.82, 2.24) is 9.80 Å². The summed E-state index contributed by atoms with van der Waals surface area (Å²) in [6.45, 7) is 9.98. The van der Waals surface area contributed by atoms with Crippen molar-refractivity contribution in [2.45, 2.75) is 33.1 Å². The second-order valence-electron chi connectivity index (χ2n) is 7.06. The van der Waals surface area contributed by atoms with Crippen LogP contribution in [0.25, 0.3) is 0 Å². The van der Waals surface area contributed by atoms with Gasteiger partial charge in [-0.15, -0.1) is 0 Å². The lowest BCUT2D eigenvalue weighted by Gasteiger charge is -2.28. The number of carbonyl (C=O) groups is 1. The van der Waals surface area contributed by atoms with Gasteiger partial charge in [-0.3, -0.25) is 4.79 Å². The van der Waals surface area contributed by atoms with Gasteiger partial charge in [-0.2, -0.15) is 0 Å². The van der Waals surface area contributed by atoms with Crippen molar-refractivity contribution in [3.05, 3.63) is 29.8 Å². The molecule has 0 spiro atoms. The first-order valence-electron chi connectivity index (χ1n) is 9.45. The Morgan fingerprint density at radius 1 is 1.12 bits per heavy atom. The minimum Gasteiger partial charge on any atom is -0.494 e. The SMILES string of the molecule is CCN(CC)C(=O)c1ccc(OCCCN2CC3CCC3C2)cc1. The molecular weight excluding hydrogens is 300 g/mol. The van der Waals surface area contributed by atoms with E-state index in [1.54, 1.807) is 0 Å². The van der Waals surface area contributed by atoms with Crippen LogP contribution in [0.2, 0.25) is 0 Å². The van der Waals surface area contributed by atoms with Crippen LogP contribution < -0.4 is 4.74 Å². The maximum atomic E-state index is 12.3. The zero-order valence-corrected chi connectivity index (χ0v) is 15.0. The van der Waals surface area contributed by atoms with Gasteiger partial charge >= 0.3 is 0 Å². The molecule has 2 aliphatic rings. The number of benzene rings is 1. The molecule has 1 aliphatic heterocycles. The van der Waals surface area contributed by atoms with Gasteiger partial charge in [0.1, 0.15) is 5.75 Å². The molecule has 4 nitrogen and oxygen atoms in total. The maximum Gasteiger partial charge on any atom is 0.253 e. The minimum atomic E-state index is 0.0928. The first-order valence-corrected chi connectivity index (χ1v) is 9.45. The zero-order valence-electron chi connectivity index (χ0n) is 15.0. The van der Waals surface area contributed by atoms with Crippen LogP contribution in [0.1, 0.15) is 43.5 Å². The predicted octanol–water partition coefficient (Wildman–Crippen LogP) is 3.28. The summed E-state index contributed by atoms with van der Waals surface area (Å²) < 4.78 is 5.83. The van der Waals surface area contributed by atoms with E-state index in [1.165, 1.54) is 25.9 Å². The number of likely N-dealkylation sites (tertiary alicyclic amines) is 1. The van der Waals surface area contributed by atoms with Gasteiger partial charge in [0.15, 0.2) is 0 Å². The van der Waals surface area contributed by atoms with Gasteiger partial charge in [0.2, 0.25) is 0 Å². The van der Waals surface area contributed by atoms with E-state index in [1.807, 2.05) is 43.0 Å². The minimum absolute atomic E-state index is 0.0928. The second-order valence-corrected chi connectivity index (χ2v) is 7.06. The Hall–Kier alpha value is -1.55. The van der Waals surface area contributed by atoms with E-state index in [4.69, 9.17) is 4.74 Å². The predicted molar refractivity (Wildman–Crippen MR) is 96.5 cm³/mol. The van der Waals surface area contributed by atoms with Crippen LogP contribution in [0.5, 0.6) is 5.75 Å². The fourth-order valence-corrected chi connectivity index (χ4v) is 3.90. The van der Waals surface area contributed by atoms with E-state index in [0.29, 0.717) is 0 Å². The Morgan fingerprint density at radius 3 is 2.29 bits per heavy atom. The monoisotopic (exact) mass is 330 g/mol. The Bertz CT molecular complexity index is 527. The molecule has 1 saturated carbocycles. The fourth-order valence-electron chi connectivity index (χ4n) is 3.90. The summed E-state index contributed by atoms with van der Waals surface area (Å²) in [7, 11) is 0. The van der Waals surface area contributed by atoms with Crippen molar-refractivity contribution < 1.29 is 9.53 Å². The number of nitrogens with zero attached hydrogens (tertiary/aromatic N) is 2. The summed E-state index contributed by atoms with van der Waals surface area (Å²) >= 11 is 0. The highest BCUT2D eigenvalue weighted by Gasteiger charge is 2.38. The molecule has 2 atom stereocenters. The summed E-state index contributed by atoms with van der Waals surface area (Å²) in [6.07, 6.45) is 3.95. The fraction of sp³-hybridized carbons (Fsp3) is 0.650. The lowest BCUT2D eigenvalue weighted by atomic mass is 9.77. The Labute approximate surface area is 145 Å². The van der Waals surface area contributed by atoms with Crippen molar-refractivity contribution in [3.8, 4) is 5.75 Å². The normalized spacial score (nSPS) is 22.8. The molecule has 1 saturated heterocycles. The highest BCUT2D eigenvalue weighted by molar-refractivity contribution is 5.94. The number of fused-ring (bicyclic) bond motifs is 1. The number of rotatable bonds is 8. The molecule has 3 rings (SSSR count). The summed E-state index contributed by atoms with van der Waals surface area (Å²) in [5.74, 6) is 2.92. The summed E-state index contributed by atoms with van der Waals surface area (Å²) in [5.41, 5.74) is 0.735. The number of hydrogen-bond donors (Lipinski definition) is 0. The van der Waals surface area contributed by atoms with Crippen molar-refractivity contribution in [2.24, 2.45) is 11.8 Å². The second kappa shape index (κ2) is 8.02. The molecule has 2 fully saturated rings. The molecule has 4 heteroatoms. The molecule has 0 aromatic heterocycles. The average Bonchev–Trinajstić information content (AvgIpc) is 2.88. The van der Waals surface area contributed by atoms with Gasteiger partial charge < -0.3 is 14.5 Å². The van der Waals surface area contributed by atoms with Crippen molar-refractivity contribution in [3.63, 3.8) is 0 Å². The molecule has 24 heavy (non-hydrogen) atoms. The van der Waals surface area contributed by atoms with Crippen molar-refractivity contribution in [2.75, 3.05) is 39.3 Å². The zero-order chi connectivity index (χ0) is 16.9. The quantitative estimate of drug-likeness (QED) is 0.686. The Morgan fingerprint density at radius 2 is 1.75 bits per heavy atom. The third-order valence-corrected chi connectivity index (χ3v) is 5.60. The van der Waals surface area contributed by atoms with Crippen molar-refractivity contribution in [1.29, 1.82) is 0 Å². The van der Waals surface area contributed by atoms with Gasteiger partial charge in [0, 0.05) is 38.3 Å². The molecule has 1 aromatic carbocycles. The first kappa shape index (κ1) is 17.3.